The predicted molar refractivity (Wildman–Crippen MR) is 127 cm³/mol. The molecule has 0 aliphatic heterocycles. The van der Waals surface area contributed by atoms with Crippen LogP contribution in [0.2, 0.25) is 0 Å². The fraction of sp³-hybridized carbons (Fsp3) is 0.286. The van der Waals surface area contributed by atoms with E-state index in [2.05, 4.69) is 30.8 Å². The Morgan fingerprint density at radius 2 is 1.25 bits per heavy atom. The quantitative estimate of drug-likeness (QED) is 0.228. The zero-order chi connectivity index (χ0) is 22.4. The van der Waals surface area contributed by atoms with E-state index >= 15 is 0 Å². The van der Waals surface area contributed by atoms with Crippen molar-refractivity contribution in [3.05, 3.63) is 120 Å². The van der Waals surface area contributed by atoms with Gasteiger partial charge in [0.25, 0.3) is 0 Å². The first kappa shape index (κ1) is 23.9. The molecule has 0 saturated carbocycles. The van der Waals surface area contributed by atoms with Crippen LogP contribution in [-0.2, 0) is 32.2 Å². The largest absolute Gasteiger partial charge is 0.370 e. The molecular weight excluding hydrogens is 400 g/mol. The molecular formula is C28H32O4. The number of hydrogen-bond acceptors (Lipinski definition) is 4. The van der Waals surface area contributed by atoms with Crippen molar-refractivity contribution in [1.29, 1.82) is 0 Å². The Morgan fingerprint density at radius 1 is 0.719 bits per heavy atom. The third-order valence-electron chi connectivity index (χ3n) is 5.15. The Hall–Kier alpha value is -2.76. The van der Waals surface area contributed by atoms with Gasteiger partial charge in [0.1, 0.15) is 19.0 Å². The Morgan fingerprint density at radius 3 is 1.78 bits per heavy atom. The number of hydrogen-bond donors (Lipinski definition) is 0. The smallest absolute Gasteiger partial charge is 0.147 e. The molecule has 32 heavy (non-hydrogen) atoms. The minimum atomic E-state index is -0.366. The lowest BCUT2D eigenvalue weighted by Gasteiger charge is -2.33. The van der Waals surface area contributed by atoms with E-state index in [1.807, 2.05) is 72.8 Å². The maximum absolute atomic E-state index is 6.49. The van der Waals surface area contributed by atoms with E-state index in [1.54, 1.807) is 7.11 Å². The van der Waals surface area contributed by atoms with E-state index in [0.717, 1.165) is 16.7 Å². The number of methoxy groups -OCH3 is 1. The highest BCUT2D eigenvalue weighted by Gasteiger charge is 2.33. The van der Waals surface area contributed by atoms with E-state index < -0.39 is 0 Å². The molecule has 0 unspecified atom stereocenters. The summed E-state index contributed by atoms with van der Waals surface area (Å²) < 4.78 is 24.3. The van der Waals surface area contributed by atoms with Gasteiger partial charge in [-0.1, -0.05) is 97.1 Å². The van der Waals surface area contributed by atoms with E-state index in [4.69, 9.17) is 18.9 Å². The van der Waals surface area contributed by atoms with E-state index in [-0.39, 0.29) is 25.1 Å². The molecule has 0 aliphatic rings. The molecule has 0 spiro atoms. The minimum Gasteiger partial charge on any atom is -0.370 e. The van der Waals surface area contributed by atoms with E-state index in [1.165, 1.54) is 0 Å². The van der Waals surface area contributed by atoms with Gasteiger partial charge < -0.3 is 18.9 Å². The van der Waals surface area contributed by atoms with Crippen LogP contribution in [0.4, 0.5) is 0 Å². The van der Waals surface area contributed by atoms with Crippen molar-refractivity contribution in [2.45, 2.75) is 37.9 Å². The molecule has 3 aromatic carbocycles. The highest BCUT2D eigenvalue weighted by atomic mass is 16.7. The Labute approximate surface area is 191 Å². The molecule has 0 amide bonds. The summed E-state index contributed by atoms with van der Waals surface area (Å²) in [5.41, 5.74) is 3.22. The van der Waals surface area contributed by atoms with Gasteiger partial charge >= 0.3 is 0 Å². The van der Waals surface area contributed by atoms with Crippen molar-refractivity contribution >= 4 is 0 Å². The Bertz CT molecular complexity index is 883. The first-order valence-electron chi connectivity index (χ1n) is 10.9. The zero-order valence-corrected chi connectivity index (χ0v) is 18.6. The predicted octanol–water partition coefficient (Wildman–Crippen LogP) is 6.10. The summed E-state index contributed by atoms with van der Waals surface area (Å²) in [6.07, 6.45) is 1.52. The van der Waals surface area contributed by atoms with Crippen LogP contribution in [0.25, 0.3) is 0 Å². The number of ether oxygens (including phenoxy) is 4. The van der Waals surface area contributed by atoms with Gasteiger partial charge in [-0.3, -0.25) is 0 Å². The van der Waals surface area contributed by atoms with Crippen LogP contribution >= 0.6 is 0 Å². The van der Waals surface area contributed by atoms with Crippen LogP contribution < -0.4 is 0 Å². The molecule has 0 heterocycles. The fourth-order valence-electron chi connectivity index (χ4n) is 3.56. The molecule has 0 radical (unpaired) electrons. The van der Waals surface area contributed by atoms with Crippen molar-refractivity contribution in [3.63, 3.8) is 0 Å². The van der Waals surface area contributed by atoms with Crippen molar-refractivity contribution in [2.75, 3.05) is 13.9 Å². The highest BCUT2D eigenvalue weighted by molar-refractivity contribution is 5.20. The highest BCUT2D eigenvalue weighted by Crippen LogP contribution is 2.30. The van der Waals surface area contributed by atoms with E-state index in [9.17, 15) is 0 Å². The normalized spacial score (nSPS) is 13.9. The summed E-state index contributed by atoms with van der Waals surface area (Å²) in [6.45, 7) is 5.04. The number of benzene rings is 3. The summed E-state index contributed by atoms with van der Waals surface area (Å²) in [5, 5.41) is 0. The zero-order valence-electron chi connectivity index (χ0n) is 18.6. The maximum atomic E-state index is 6.49. The molecule has 4 heteroatoms. The summed E-state index contributed by atoms with van der Waals surface area (Å²) >= 11 is 0. The van der Waals surface area contributed by atoms with Crippen LogP contribution in [0.1, 0.15) is 29.2 Å². The second-order valence-electron chi connectivity index (χ2n) is 7.53. The fourth-order valence-corrected chi connectivity index (χ4v) is 3.56. The molecule has 0 N–H and O–H groups in total. The average Bonchev–Trinajstić information content (AvgIpc) is 2.86. The molecule has 3 atom stereocenters. The van der Waals surface area contributed by atoms with Gasteiger partial charge in [0.15, 0.2) is 0 Å². The first-order chi connectivity index (χ1) is 15.8. The van der Waals surface area contributed by atoms with Gasteiger partial charge in [0.05, 0.1) is 19.3 Å². The summed E-state index contributed by atoms with van der Waals surface area (Å²) in [6, 6.07) is 30.3. The Kier molecular flexibility index (Phi) is 10.2. The Balaban J connectivity index is 1.86. The summed E-state index contributed by atoms with van der Waals surface area (Å²) in [7, 11) is 1.62. The van der Waals surface area contributed by atoms with Crippen LogP contribution in [0.5, 0.6) is 0 Å². The topological polar surface area (TPSA) is 36.9 Å². The van der Waals surface area contributed by atoms with Crippen molar-refractivity contribution < 1.29 is 18.9 Å². The third-order valence-corrected chi connectivity index (χ3v) is 5.15. The third kappa shape index (κ3) is 7.43. The van der Waals surface area contributed by atoms with Crippen LogP contribution in [-0.4, -0.2) is 26.1 Å². The lowest BCUT2D eigenvalue weighted by atomic mass is 9.97. The second-order valence-corrected chi connectivity index (χ2v) is 7.53. The van der Waals surface area contributed by atoms with Gasteiger partial charge in [0, 0.05) is 7.11 Å². The van der Waals surface area contributed by atoms with Gasteiger partial charge in [-0.25, -0.2) is 0 Å². The van der Waals surface area contributed by atoms with Crippen molar-refractivity contribution in [2.24, 2.45) is 0 Å². The molecule has 3 aromatic rings. The standard InChI is InChI=1S/C28H32O4/c1-3-13-26(30-20-23-14-7-4-8-15-23)28(31-21-24-16-9-5-10-17-24)27(32-22-29-2)25-18-11-6-12-19-25/h3-12,14-19,26-28H,1,13,20-22H2,2H3/t26-,27-,28+/m1/s1. The molecule has 168 valence electrons. The first-order valence-corrected chi connectivity index (χ1v) is 10.9. The van der Waals surface area contributed by atoms with Gasteiger partial charge in [-0.15, -0.1) is 6.58 Å². The molecule has 0 fully saturated rings. The molecule has 0 bridgehead atoms. The van der Waals surface area contributed by atoms with Gasteiger partial charge in [-0.05, 0) is 23.1 Å². The lowest BCUT2D eigenvalue weighted by Crippen LogP contribution is -2.38. The van der Waals surface area contributed by atoms with Crippen LogP contribution in [0, 0.1) is 0 Å². The minimum absolute atomic E-state index is 0.157. The van der Waals surface area contributed by atoms with Crippen LogP contribution in [0.3, 0.4) is 0 Å². The molecule has 3 rings (SSSR count). The summed E-state index contributed by atoms with van der Waals surface area (Å²) in [5.74, 6) is 0. The van der Waals surface area contributed by atoms with Crippen molar-refractivity contribution in [3.8, 4) is 0 Å². The van der Waals surface area contributed by atoms with Gasteiger partial charge in [0.2, 0.25) is 0 Å². The number of rotatable bonds is 14. The lowest BCUT2D eigenvalue weighted by molar-refractivity contribution is -0.175. The summed E-state index contributed by atoms with van der Waals surface area (Å²) in [4.78, 5) is 0. The molecule has 0 aromatic heterocycles. The monoisotopic (exact) mass is 432 g/mol. The SMILES string of the molecule is C=CC[C@@H](OCc1ccccc1)[C@H](OCc1ccccc1)[C@H](OCOC)c1ccccc1. The van der Waals surface area contributed by atoms with Crippen LogP contribution in [0.15, 0.2) is 104 Å². The van der Waals surface area contributed by atoms with E-state index in [0.29, 0.717) is 19.6 Å². The average molecular weight is 433 g/mol. The molecule has 4 nitrogen and oxygen atoms in total. The van der Waals surface area contributed by atoms with Crippen molar-refractivity contribution in [1.82, 2.24) is 0 Å². The second kappa shape index (κ2) is 13.6. The molecule has 0 aliphatic carbocycles. The van der Waals surface area contributed by atoms with Gasteiger partial charge in [-0.2, -0.15) is 0 Å². The maximum Gasteiger partial charge on any atom is 0.147 e. The molecule has 0 saturated heterocycles.